The molecule has 0 aliphatic rings. The third kappa shape index (κ3) is 2.37. The Hall–Kier alpha value is -1.33. The summed E-state index contributed by atoms with van der Waals surface area (Å²) in [5.41, 5.74) is 6.10. The summed E-state index contributed by atoms with van der Waals surface area (Å²) in [6, 6.07) is 5.07. The molecule has 0 amide bonds. The van der Waals surface area contributed by atoms with Crippen LogP contribution in [0.2, 0.25) is 5.02 Å². The molecule has 0 unspecified atom stereocenters. The molecule has 1 heterocycles. The van der Waals surface area contributed by atoms with Gasteiger partial charge in [0.1, 0.15) is 11.6 Å². The average molecular weight is 242 g/mol. The SMILES string of the molecule is Cc1nsc(Oc2ccc(N)c(Cl)c2)n1. The van der Waals surface area contributed by atoms with E-state index in [1.54, 1.807) is 25.1 Å². The first-order valence-corrected chi connectivity index (χ1v) is 5.33. The zero-order valence-corrected chi connectivity index (χ0v) is 9.47. The van der Waals surface area contributed by atoms with Crippen molar-refractivity contribution in [1.29, 1.82) is 0 Å². The number of anilines is 1. The maximum absolute atomic E-state index is 5.85. The smallest absolute Gasteiger partial charge is 0.298 e. The lowest BCUT2D eigenvalue weighted by atomic mass is 10.3. The number of nitrogens with zero attached hydrogens (tertiary/aromatic N) is 2. The van der Waals surface area contributed by atoms with E-state index in [9.17, 15) is 0 Å². The molecule has 0 fully saturated rings. The molecule has 1 aromatic carbocycles. The fourth-order valence-corrected chi connectivity index (χ4v) is 1.72. The first-order valence-electron chi connectivity index (χ1n) is 4.18. The fraction of sp³-hybridized carbons (Fsp3) is 0.111. The summed E-state index contributed by atoms with van der Waals surface area (Å²) in [5.74, 6) is 1.29. The summed E-state index contributed by atoms with van der Waals surface area (Å²) in [4.78, 5) is 4.07. The Balaban J connectivity index is 2.21. The van der Waals surface area contributed by atoms with E-state index < -0.39 is 0 Å². The number of halogens is 1. The lowest BCUT2D eigenvalue weighted by Gasteiger charge is -2.02. The van der Waals surface area contributed by atoms with Crippen molar-refractivity contribution in [3.8, 4) is 10.9 Å². The number of ether oxygens (including phenoxy) is 1. The van der Waals surface area contributed by atoms with Gasteiger partial charge in [0.05, 0.1) is 10.7 Å². The third-order valence-corrected chi connectivity index (χ3v) is 2.70. The molecular formula is C9H8ClN3OS. The lowest BCUT2D eigenvalue weighted by Crippen LogP contribution is -1.88. The van der Waals surface area contributed by atoms with Crippen molar-refractivity contribution in [3.63, 3.8) is 0 Å². The van der Waals surface area contributed by atoms with Gasteiger partial charge in [-0.15, -0.1) is 0 Å². The van der Waals surface area contributed by atoms with E-state index >= 15 is 0 Å². The Morgan fingerprint density at radius 2 is 2.27 bits per heavy atom. The molecule has 1 aromatic heterocycles. The Bertz CT molecular complexity index is 486. The Morgan fingerprint density at radius 1 is 1.47 bits per heavy atom. The van der Waals surface area contributed by atoms with Crippen LogP contribution in [-0.2, 0) is 0 Å². The van der Waals surface area contributed by atoms with Crippen molar-refractivity contribution in [3.05, 3.63) is 29.0 Å². The fourth-order valence-electron chi connectivity index (χ4n) is 0.992. The second kappa shape index (κ2) is 4.04. The van der Waals surface area contributed by atoms with Gasteiger partial charge in [0, 0.05) is 17.6 Å². The summed E-state index contributed by atoms with van der Waals surface area (Å²) < 4.78 is 9.44. The van der Waals surface area contributed by atoms with Gasteiger partial charge in [-0.25, -0.2) is 0 Å². The number of rotatable bonds is 2. The van der Waals surface area contributed by atoms with E-state index in [1.165, 1.54) is 11.5 Å². The van der Waals surface area contributed by atoms with Crippen LogP contribution >= 0.6 is 23.1 Å². The molecular weight excluding hydrogens is 234 g/mol. The summed E-state index contributed by atoms with van der Waals surface area (Å²) in [6.07, 6.45) is 0. The van der Waals surface area contributed by atoms with Gasteiger partial charge in [-0.3, -0.25) is 0 Å². The van der Waals surface area contributed by atoms with Gasteiger partial charge >= 0.3 is 0 Å². The molecule has 0 aliphatic heterocycles. The number of benzene rings is 1. The van der Waals surface area contributed by atoms with Crippen LogP contribution in [0, 0.1) is 6.92 Å². The molecule has 0 aliphatic carbocycles. The van der Waals surface area contributed by atoms with E-state index in [0.717, 1.165) is 0 Å². The molecule has 4 nitrogen and oxygen atoms in total. The third-order valence-electron chi connectivity index (χ3n) is 1.69. The maximum atomic E-state index is 5.85. The molecule has 2 rings (SSSR count). The highest BCUT2D eigenvalue weighted by Crippen LogP contribution is 2.28. The standard InChI is InChI=1S/C9H8ClN3OS/c1-5-12-9(15-13-5)14-6-2-3-8(11)7(10)4-6/h2-4H,11H2,1H3. The minimum atomic E-state index is 0.466. The van der Waals surface area contributed by atoms with Crippen LogP contribution in [0.5, 0.6) is 10.9 Å². The minimum absolute atomic E-state index is 0.466. The van der Waals surface area contributed by atoms with Crippen molar-refractivity contribution in [2.75, 3.05) is 5.73 Å². The number of hydrogen-bond donors (Lipinski definition) is 1. The normalized spacial score (nSPS) is 10.3. The number of nitrogens with two attached hydrogens (primary N) is 1. The molecule has 0 spiro atoms. The largest absolute Gasteiger partial charge is 0.430 e. The van der Waals surface area contributed by atoms with E-state index in [-0.39, 0.29) is 0 Å². The number of aromatic nitrogens is 2. The number of aryl methyl sites for hydroxylation is 1. The maximum Gasteiger partial charge on any atom is 0.298 e. The van der Waals surface area contributed by atoms with E-state index in [0.29, 0.717) is 27.5 Å². The predicted octanol–water partition coefficient (Wildman–Crippen LogP) is 2.87. The zero-order chi connectivity index (χ0) is 10.8. The monoisotopic (exact) mass is 241 g/mol. The van der Waals surface area contributed by atoms with Crippen LogP contribution in [0.25, 0.3) is 0 Å². The van der Waals surface area contributed by atoms with Crippen molar-refractivity contribution >= 4 is 28.8 Å². The summed E-state index contributed by atoms with van der Waals surface area (Å²) >= 11 is 7.04. The second-order valence-corrected chi connectivity index (χ2v) is 4.01. The Morgan fingerprint density at radius 3 is 2.87 bits per heavy atom. The van der Waals surface area contributed by atoms with Crippen LogP contribution in [-0.4, -0.2) is 9.36 Å². The van der Waals surface area contributed by atoms with Crippen LogP contribution in [0.4, 0.5) is 5.69 Å². The predicted molar refractivity (Wildman–Crippen MR) is 60.6 cm³/mol. The van der Waals surface area contributed by atoms with Gasteiger partial charge in [-0.05, 0) is 19.1 Å². The molecule has 6 heteroatoms. The van der Waals surface area contributed by atoms with Gasteiger partial charge in [0.25, 0.3) is 5.19 Å². The van der Waals surface area contributed by atoms with Gasteiger partial charge in [0.15, 0.2) is 0 Å². The molecule has 0 radical (unpaired) electrons. The van der Waals surface area contributed by atoms with Crippen molar-refractivity contribution in [2.45, 2.75) is 6.92 Å². The Kier molecular flexibility index (Phi) is 2.75. The molecule has 15 heavy (non-hydrogen) atoms. The van der Waals surface area contributed by atoms with Crippen molar-refractivity contribution < 1.29 is 4.74 Å². The van der Waals surface area contributed by atoms with Gasteiger partial charge < -0.3 is 10.5 Å². The quantitative estimate of drug-likeness (QED) is 0.822. The topological polar surface area (TPSA) is 61.0 Å². The molecule has 2 aromatic rings. The highest BCUT2D eigenvalue weighted by atomic mass is 35.5. The van der Waals surface area contributed by atoms with Crippen molar-refractivity contribution in [2.24, 2.45) is 0 Å². The van der Waals surface area contributed by atoms with Gasteiger partial charge in [0.2, 0.25) is 0 Å². The highest BCUT2D eigenvalue weighted by molar-refractivity contribution is 7.07. The molecule has 0 saturated carbocycles. The van der Waals surface area contributed by atoms with Crippen LogP contribution in [0.1, 0.15) is 5.82 Å². The van der Waals surface area contributed by atoms with E-state index in [2.05, 4.69) is 9.36 Å². The zero-order valence-electron chi connectivity index (χ0n) is 7.90. The molecule has 2 N–H and O–H groups in total. The lowest BCUT2D eigenvalue weighted by molar-refractivity contribution is 0.478. The summed E-state index contributed by atoms with van der Waals surface area (Å²) in [6.45, 7) is 1.80. The molecule has 0 bridgehead atoms. The number of nitrogen functional groups attached to an aromatic ring is 1. The number of hydrogen-bond acceptors (Lipinski definition) is 5. The van der Waals surface area contributed by atoms with E-state index in [4.69, 9.17) is 22.1 Å². The first kappa shape index (κ1) is 10.2. The second-order valence-electron chi connectivity index (χ2n) is 2.89. The molecule has 0 atom stereocenters. The highest BCUT2D eigenvalue weighted by Gasteiger charge is 2.04. The molecule has 0 saturated heterocycles. The van der Waals surface area contributed by atoms with Gasteiger partial charge in [-0.2, -0.15) is 9.36 Å². The summed E-state index contributed by atoms with van der Waals surface area (Å²) in [7, 11) is 0. The Labute approximate surface area is 95.8 Å². The minimum Gasteiger partial charge on any atom is -0.430 e. The average Bonchev–Trinajstić information content (AvgIpc) is 2.58. The van der Waals surface area contributed by atoms with E-state index in [1.807, 2.05) is 0 Å². The first-order chi connectivity index (χ1) is 7.15. The van der Waals surface area contributed by atoms with Crippen LogP contribution < -0.4 is 10.5 Å². The molecule has 78 valence electrons. The van der Waals surface area contributed by atoms with Crippen LogP contribution in [0.3, 0.4) is 0 Å². The summed E-state index contributed by atoms with van der Waals surface area (Å²) in [5, 5.41) is 0.960. The van der Waals surface area contributed by atoms with Crippen molar-refractivity contribution in [1.82, 2.24) is 9.36 Å². The van der Waals surface area contributed by atoms with Gasteiger partial charge in [-0.1, -0.05) is 11.6 Å². The van der Waals surface area contributed by atoms with Crippen LogP contribution in [0.15, 0.2) is 18.2 Å².